The fraction of sp³-hybridized carbons (Fsp3) is 0.692. The molecule has 0 amide bonds. The second-order valence-electron chi connectivity index (χ2n) is 5.27. The molecule has 2 N–H and O–H groups in total. The van der Waals surface area contributed by atoms with Crippen molar-refractivity contribution in [1.29, 1.82) is 0 Å². The van der Waals surface area contributed by atoms with Crippen LogP contribution in [0.15, 0.2) is 5.03 Å². The molecule has 3 heterocycles. The van der Waals surface area contributed by atoms with Gasteiger partial charge >= 0.3 is 11.9 Å². The van der Waals surface area contributed by atoms with E-state index in [1.807, 2.05) is 11.8 Å². The molecule has 7 nitrogen and oxygen atoms in total. The zero-order chi connectivity index (χ0) is 16.1. The number of piperidine rings is 1. The number of carboxylic acid groups (broad SMARTS) is 2. The van der Waals surface area contributed by atoms with Crippen molar-refractivity contribution >= 4 is 35.4 Å². The van der Waals surface area contributed by atoms with E-state index in [0.717, 1.165) is 11.7 Å². The van der Waals surface area contributed by atoms with Gasteiger partial charge in [-0.05, 0) is 31.1 Å². The minimum atomic E-state index is -1.82. The molecule has 0 saturated carbocycles. The minimum Gasteiger partial charge on any atom is -0.473 e. The van der Waals surface area contributed by atoms with Crippen LogP contribution in [0.5, 0.6) is 0 Å². The maximum atomic E-state index is 9.10. The molecule has 3 unspecified atom stereocenters. The van der Waals surface area contributed by atoms with E-state index < -0.39 is 11.9 Å². The van der Waals surface area contributed by atoms with Crippen LogP contribution in [-0.4, -0.2) is 61.2 Å². The van der Waals surface area contributed by atoms with Crippen LogP contribution in [-0.2, 0) is 9.59 Å². The fourth-order valence-electron chi connectivity index (χ4n) is 2.97. The van der Waals surface area contributed by atoms with Gasteiger partial charge in [-0.1, -0.05) is 6.92 Å². The molecule has 2 aliphatic heterocycles. The Bertz CT molecular complexity index is 525. The van der Waals surface area contributed by atoms with Gasteiger partial charge in [0.1, 0.15) is 5.03 Å². The highest BCUT2D eigenvalue weighted by Crippen LogP contribution is 2.40. The molecule has 0 spiro atoms. The van der Waals surface area contributed by atoms with Crippen LogP contribution in [0.1, 0.15) is 31.4 Å². The molecule has 2 fully saturated rings. The molecule has 2 saturated heterocycles. The highest BCUT2D eigenvalue weighted by molar-refractivity contribution is 7.99. The number of fused-ring (bicyclic) bond motifs is 2. The molecule has 9 heteroatoms. The SMILES string of the molecule is CCSc1nsnc1C1CN2CCCC1C2.O=C(O)C(=O)O. The summed E-state index contributed by atoms with van der Waals surface area (Å²) in [6, 6.07) is 0. The van der Waals surface area contributed by atoms with Gasteiger partial charge in [-0.2, -0.15) is 8.75 Å². The highest BCUT2D eigenvalue weighted by Gasteiger charge is 2.38. The number of hydrogen-bond donors (Lipinski definition) is 2. The van der Waals surface area contributed by atoms with Crippen LogP contribution in [0.3, 0.4) is 0 Å². The minimum absolute atomic E-state index is 0.662. The zero-order valence-electron chi connectivity index (χ0n) is 12.3. The maximum absolute atomic E-state index is 9.10. The van der Waals surface area contributed by atoms with Crippen LogP contribution < -0.4 is 0 Å². The normalized spacial score (nSPS) is 26.1. The molecule has 3 rings (SSSR count). The van der Waals surface area contributed by atoms with Gasteiger partial charge < -0.3 is 15.1 Å². The Morgan fingerprint density at radius 2 is 2.05 bits per heavy atom. The van der Waals surface area contributed by atoms with E-state index in [0.29, 0.717) is 5.92 Å². The van der Waals surface area contributed by atoms with E-state index in [9.17, 15) is 0 Å². The summed E-state index contributed by atoms with van der Waals surface area (Å²) in [5.74, 6) is -1.05. The summed E-state index contributed by atoms with van der Waals surface area (Å²) in [4.78, 5) is 20.8. The Balaban J connectivity index is 0.000000254. The predicted octanol–water partition coefficient (Wildman–Crippen LogP) is 1.61. The molecule has 0 aliphatic carbocycles. The van der Waals surface area contributed by atoms with E-state index in [-0.39, 0.29) is 0 Å². The third kappa shape index (κ3) is 4.17. The van der Waals surface area contributed by atoms with Crippen molar-refractivity contribution in [2.45, 2.75) is 30.7 Å². The van der Waals surface area contributed by atoms with Gasteiger partial charge in [0.2, 0.25) is 0 Å². The van der Waals surface area contributed by atoms with E-state index in [4.69, 9.17) is 19.8 Å². The molecular formula is C13H19N3O4S2. The van der Waals surface area contributed by atoms with E-state index in [1.54, 1.807) is 0 Å². The van der Waals surface area contributed by atoms with Gasteiger partial charge in [0.25, 0.3) is 0 Å². The van der Waals surface area contributed by atoms with Crippen molar-refractivity contribution in [3.8, 4) is 0 Å². The van der Waals surface area contributed by atoms with Gasteiger partial charge in [0.05, 0.1) is 17.4 Å². The lowest BCUT2D eigenvalue weighted by Gasteiger charge is -2.21. The van der Waals surface area contributed by atoms with Gasteiger partial charge in [0, 0.05) is 19.0 Å². The van der Waals surface area contributed by atoms with Gasteiger partial charge in [-0.15, -0.1) is 11.8 Å². The van der Waals surface area contributed by atoms with E-state index in [2.05, 4.69) is 20.6 Å². The number of hydrogen-bond acceptors (Lipinski definition) is 7. The van der Waals surface area contributed by atoms with Crippen LogP contribution in [0.25, 0.3) is 0 Å². The maximum Gasteiger partial charge on any atom is 0.414 e. The van der Waals surface area contributed by atoms with Gasteiger partial charge in [0.15, 0.2) is 0 Å². The summed E-state index contributed by atoms with van der Waals surface area (Å²) in [5.41, 5.74) is 1.30. The van der Waals surface area contributed by atoms with Gasteiger partial charge in [-0.3, -0.25) is 0 Å². The fourth-order valence-corrected chi connectivity index (χ4v) is 4.48. The average Bonchev–Trinajstić information content (AvgIpc) is 3.04. The zero-order valence-corrected chi connectivity index (χ0v) is 13.9. The smallest absolute Gasteiger partial charge is 0.414 e. The predicted molar refractivity (Wildman–Crippen MR) is 83.5 cm³/mol. The molecule has 122 valence electrons. The molecular weight excluding hydrogens is 326 g/mol. The first-order valence-electron chi connectivity index (χ1n) is 7.16. The Hall–Kier alpha value is -1.19. The quantitative estimate of drug-likeness (QED) is 0.629. The van der Waals surface area contributed by atoms with Crippen molar-refractivity contribution in [3.05, 3.63) is 5.69 Å². The second kappa shape index (κ2) is 7.89. The highest BCUT2D eigenvalue weighted by atomic mass is 32.2. The first-order valence-corrected chi connectivity index (χ1v) is 8.88. The Labute approximate surface area is 137 Å². The second-order valence-corrected chi connectivity index (χ2v) is 7.05. The molecule has 0 radical (unpaired) electrons. The lowest BCUT2D eigenvalue weighted by Crippen LogP contribution is -2.25. The van der Waals surface area contributed by atoms with Crippen molar-refractivity contribution < 1.29 is 19.8 Å². The summed E-state index contributed by atoms with van der Waals surface area (Å²) in [6.07, 6.45) is 2.75. The number of rotatable bonds is 3. The van der Waals surface area contributed by atoms with Crippen LogP contribution >= 0.6 is 23.5 Å². The molecule has 3 atom stereocenters. The summed E-state index contributed by atoms with van der Waals surface area (Å²) in [5, 5.41) is 16.0. The first-order chi connectivity index (χ1) is 10.5. The average molecular weight is 345 g/mol. The molecule has 2 bridgehead atoms. The lowest BCUT2D eigenvalue weighted by molar-refractivity contribution is -0.159. The van der Waals surface area contributed by atoms with E-state index in [1.165, 1.54) is 54.9 Å². The Morgan fingerprint density at radius 3 is 2.64 bits per heavy atom. The van der Waals surface area contributed by atoms with Crippen molar-refractivity contribution in [2.75, 3.05) is 25.4 Å². The molecule has 22 heavy (non-hydrogen) atoms. The van der Waals surface area contributed by atoms with Crippen LogP contribution in [0.2, 0.25) is 0 Å². The summed E-state index contributed by atoms with van der Waals surface area (Å²) >= 11 is 3.24. The topological polar surface area (TPSA) is 104 Å². The number of carbonyl (C=O) groups is 2. The molecule has 1 aromatic rings. The van der Waals surface area contributed by atoms with Crippen molar-refractivity contribution in [1.82, 2.24) is 13.6 Å². The lowest BCUT2D eigenvalue weighted by atomic mass is 9.89. The van der Waals surface area contributed by atoms with Crippen LogP contribution in [0.4, 0.5) is 0 Å². The summed E-state index contributed by atoms with van der Waals surface area (Å²) in [6.45, 7) is 5.98. The number of aliphatic carboxylic acids is 2. The molecule has 2 aliphatic rings. The molecule has 1 aromatic heterocycles. The Morgan fingerprint density at radius 1 is 1.32 bits per heavy atom. The number of thioether (sulfide) groups is 1. The van der Waals surface area contributed by atoms with Crippen LogP contribution in [0, 0.1) is 5.92 Å². The molecule has 0 aromatic carbocycles. The third-order valence-corrected chi connectivity index (χ3v) is 5.38. The van der Waals surface area contributed by atoms with Crippen molar-refractivity contribution in [3.63, 3.8) is 0 Å². The first kappa shape index (κ1) is 17.2. The third-order valence-electron chi connectivity index (χ3n) is 3.86. The van der Waals surface area contributed by atoms with Crippen molar-refractivity contribution in [2.24, 2.45) is 5.92 Å². The Kier molecular flexibility index (Phi) is 6.16. The van der Waals surface area contributed by atoms with E-state index >= 15 is 0 Å². The summed E-state index contributed by atoms with van der Waals surface area (Å²) in [7, 11) is 0. The number of nitrogens with zero attached hydrogens (tertiary/aromatic N) is 3. The van der Waals surface area contributed by atoms with Gasteiger partial charge in [-0.25, -0.2) is 9.59 Å². The monoisotopic (exact) mass is 345 g/mol. The summed E-state index contributed by atoms with van der Waals surface area (Å²) < 4.78 is 9.00. The largest absolute Gasteiger partial charge is 0.473 e. The standard InChI is InChI=1S/C11H17N3S2.C2H2O4/c1-2-15-11-10(12-16-13-11)9-7-14-5-3-4-8(9)6-14;3-1(4)2(5)6/h8-9H,2-7H2,1H3;(H,3,4)(H,5,6). The number of carboxylic acids is 2. The number of aromatic nitrogens is 2.